The fourth-order valence-corrected chi connectivity index (χ4v) is 4.07. The smallest absolute Gasteiger partial charge is 0.254 e. The molecule has 2 aromatic heterocycles. The van der Waals surface area contributed by atoms with Crippen LogP contribution in [0, 0.1) is 6.92 Å². The number of likely N-dealkylation sites (tertiary alicyclic amines) is 1. The molecular formula is C24H27N3O2. The molecule has 0 spiro atoms. The summed E-state index contributed by atoms with van der Waals surface area (Å²) < 4.78 is 5.57. The van der Waals surface area contributed by atoms with Crippen molar-refractivity contribution in [1.29, 1.82) is 0 Å². The van der Waals surface area contributed by atoms with Crippen LogP contribution in [0.15, 0.2) is 65.4 Å². The molecule has 0 saturated carbocycles. The molecule has 0 radical (unpaired) electrons. The Morgan fingerprint density at radius 3 is 2.66 bits per heavy atom. The maximum absolute atomic E-state index is 13.7. The minimum atomic E-state index is 0.0613. The first kappa shape index (κ1) is 19.4. The summed E-state index contributed by atoms with van der Waals surface area (Å²) in [5.41, 5.74) is 3.58. The van der Waals surface area contributed by atoms with Crippen molar-refractivity contribution in [1.82, 2.24) is 14.8 Å². The second-order valence-corrected chi connectivity index (χ2v) is 7.74. The van der Waals surface area contributed by atoms with E-state index < -0.39 is 0 Å². The number of pyridine rings is 1. The first-order chi connectivity index (χ1) is 14.1. The molecular weight excluding hydrogens is 362 g/mol. The Morgan fingerprint density at radius 2 is 1.97 bits per heavy atom. The minimum absolute atomic E-state index is 0.0613. The number of benzene rings is 1. The van der Waals surface area contributed by atoms with Crippen LogP contribution in [0.5, 0.6) is 0 Å². The second-order valence-electron chi connectivity index (χ2n) is 7.74. The molecule has 0 bridgehead atoms. The standard InChI is InChI=1S/C24H27N3O2/c1-18-21(23-10-3-4-13-25-23)8-5-9-22(18)24(28)27(17-20-7-6-16-29-20)19-11-14-26(2)15-12-19/h3-10,13,16,19H,11-12,14-15,17H2,1-2H3. The van der Waals surface area contributed by atoms with Crippen molar-refractivity contribution >= 4 is 5.91 Å². The van der Waals surface area contributed by atoms with Crippen LogP contribution < -0.4 is 0 Å². The largest absolute Gasteiger partial charge is 0.467 e. The molecule has 1 amide bonds. The molecule has 29 heavy (non-hydrogen) atoms. The van der Waals surface area contributed by atoms with Gasteiger partial charge in [0, 0.05) is 23.4 Å². The Bertz CT molecular complexity index is 946. The van der Waals surface area contributed by atoms with Gasteiger partial charge in [0.25, 0.3) is 5.91 Å². The van der Waals surface area contributed by atoms with E-state index in [0.29, 0.717) is 6.54 Å². The molecule has 1 fully saturated rings. The van der Waals surface area contributed by atoms with Crippen LogP contribution in [-0.4, -0.2) is 46.9 Å². The number of carbonyl (C=O) groups is 1. The van der Waals surface area contributed by atoms with Gasteiger partial charge < -0.3 is 14.2 Å². The SMILES string of the molecule is Cc1c(C(=O)N(Cc2ccco2)C2CCN(C)CC2)cccc1-c1ccccn1. The lowest BCUT2D eigenvalue weighted by atomic mass is 9.96. The minimum Gasteiger partial charge on any atom is -0.467 e. The first-order valence-corrected chi connectivity index (χ1v) is 10.2. The van der Waals surface area contributed by atoms with Crippen molar-refractivity contribution in [3.05, 3.63) is 77.9 Å². The van der Waals surface area contributed by atoms with Crippen molar-refractivity contribution in [3.8, 4) is 11.3 Å². The van der Waals surface area contributed by atoms with Gasteiger partial charge in [0.15, 0.2) is 0 Å². The predicted octanol–water partition coefficient (Wildman–Crippen LogP) is 4.39. The van der Waals surface area contributed by atoms with Gasteiger partial charge in [0.2, 0.25) is 0 Å². The van der Waals surface area contributed by atoms with Crippen molar-refractivity contribution in [2.45, 2.75) is 32.4 Å². The van der Waals surface area contributed by atoms with Gasteiger partial charge in [0.05, 0.1) is 18.5 Å². The fraction of sp³-hybridized carbons (Fsp3) is 0.333. The van der Waals surface area contributed by atoms with Crippen LogP contribution in [0.3, 0.4) is 0 Å². The van der Waals surface area contributed by atoms with Crippen LogP contribution in [-0.2, 0) is 6.54 Å². The second kappa shape index (κ2) is 8.62. The summed E-state index contributed by atoms with van der Waals surface area (Å²) in [6.07, 6.45) is 5.40. The average Bonchev–Trinajstić information content (AvgIpc) is 3.26. The van der Waals surface area contributed by atoms with Gasteiger partial charge in [-0.25, -0.2) is 0 Å². The molecule has 3 aromatic rings. The number of hydrogen-bond donors (Lipinski definition) is 0. The molecule has 0 atom stereocenters. The molecule has 4 rings (SSSR count). The molecule has 1 aromatic carbocycles. The van der Waals surface area contributed by atoms with Gasteiger partial charge in [-0.05, 0) is 75.8 Å². The normalized spacial score (nSPS) is 15.4. The number of hydrogen-bond acceptors (Lipinski definition) is 4. The lowest BCUT2D eigenvalue weighted by molar-refractivity contribution is 0.0550. The van der Waals surface area contributed by atoms with Crippen LogP contribution >= 0.6 is 0 Å². The average molecular weight is 389 g/mol. The van der Waals surface area contributed by atoms with Crippen molar-refractivity contribution in [3.63, 3.8) is 0 Å². The predicted molar refractivity (Wildman–Crippen MR) is 114 cm³/mol. The van der Waals surface area contributed by atoms with E-state index in [0.717, 1.165) is 54.1 Å². The summed E-state index contributed by atoms with van der Waals surface area (Å²) in [7, 11) is 2.13. The molecule has 1 aliphatic rings. The summed E-state index contributed by atoms with van der Waals surface area (Å²) >= 11 is 0. The number of piperidine rings is 1. The molecule has 0 unspecified atom stereocenters. The maximum atomic E-state index is 13.7. The number of amides is 1. The van der Waals surface area contributed by atoms with Crippen LogP contribution in [0.4, 0.5) is 0 Å². The van der Waals surface area contributed by atoms with E-state index in [1.807, 2.05) is 60.4 Å². The molecule has 5 heteroatoms. The zero-order chi connectivity index (χ0) is 20.2. The molecule has 0 aliphatic carbocycles. The monoisotopic (exact) mass is 389 g/mol. The third kappa shape index (κ3) is 4.25. The van der Waals surface area contributed by atoms with Crippen molar-refractivity contribution < 1.29 is 9.21 Å². The molecule has 150 valence electrons. The van der Waals surface area contributed by atoms with E-state index in [4.69, 9.17) is 4.42 Å². The van der Waals surface area contributed by atoms with Gasteiger partial charge in [-0.15, -0.1) is 0 Å². The van der Waals surface area contributed by atoms with Crippen molar-refractivity contribution in [2.75, 3.05) is 20.1 Å². The Balaban J connectivity index is 1.67. The van der Waals surface area contributed by atoms with E-state index in [-0.39, 0.29) is 11.9 Å². The topological polar surface area (TPSA) is 49.6 Å². The highest BCUT2D eigenvalue weighted by molar-refractivity contribution is 5.97. The molecule has 1 saturated heterocycles. The van der Waals surface area contributed by atoms with Crippen molar-refractivity contribution in [2.24, 2.45) is 0 Å². The number of rotatable bonds is 5. The van der Waals surface area contributed by atoms with Gasteiger partial charge in [-0.1, -0.05) is 18.2 Å². The molecule has 5 nitrogen and oxygen atoms in total. The lowest BCUT2D eigenvalue weighted by Crippen LogP contribution is -2.46. The highest BCUT2D eigenvalue weighted by atomic mass is 16.3. The summed E-state index contributed by atoms with van der Waals surface area (Å²) in [6, 6.07) is 15.8. The van der Waals surface area contributed by atoms with E-state index >= 15 is 0 Å². The Labute approximate surface area is 172 Å². The van der Waals surface area contributed by atoms with E-state index in [9.17, 15) is 4.79 Å². The lowest BCUT2D eigenvalue weighted by Gasteiger charge is -2.37. The number of carbonyl (C=O) groups excluding carboxylic acids is 1. The number of furan rings is 1. The van der Waals surface area contributed by atoms with Gasteiger partial charge in [-0.2, -0.15) is 0 Å². The van der Waals surface area contributed by atoms with E-state index in [1.165, 1.54) is 0 Å². The van der Waals surface area contributed by atoms with Gasteiger partial charge in [-0.3, -0.25) is 9.78 Å². The summed E-state index contributed by atoms with van der Waals surface area (Å²) in [4.78, 5) is 22.5. The van der Waals surface area contributed by atoms with Crippen LogP contribution in [0.2, 0.25) is 0 Å². The quantitative estimate of drug-likeness (QED) is 0.649. The van der Waals surface area contributed by atoms with Gasteiger partial charge >= 0.3 is 0 Å². The Hall–Kier alpha value is -2.92. The summed E-state index contributed by atoms with van der Waals surface area (Å²) in [5.74, 6) is 0.877. The van der Waals surface area contributed by atoms with Crippen LogP contribution in [0.25, 0.3) is 11.3 Å². The third-order valence-corrected chi connectivity index (χ3v) is 5.80. The van der Waals surface area contributed by atoms with E-state index in [2.05, 4.69) is 16.9 Å². The maximum Gasteiger partial charge on any atom is 0.254 e. The summed E-state index contributed by atoms with van der Waals surface area (Å²) in [6.45, 7) is 4.50. The van der Waals surface area contributed by atoms with E-state index in [1.54, 1.807) is 12.5 Å². The number of nitrogens with zero attached hydrogens (tertiary/aromatic N) is 3. The third-order valence-electron chi connectivity index (χ3n) is 5.80. The summed E-state index contributed by atoms with van der Waals surface area (Å²) in [5, 5.41) is 0. The first-order valence-electron chi connectivity index (χ1n) is 10.2. The Morgan fingerprint density at radius 1 is 1.14 bits per heavy atom. The molecule has 1 aliphatic heterocycles. The van der Waals surface area contributed by atoms with Crippen LogP contribution in [0.1, 0.15) is 34.5 Å². The Kier molecular flexibility index (Phi) is 5.76. The molecule has 0 N–H and O–H groups in total. The van der Waals surface area contributed by atoms with Gasteiger partial charge in [0.1, 0.15) is 5.76 Å². The highest BCUT2D eigenvalue weighted by Gasteiger charge is 2.29. The zero-order valence-corrected chi connectivity index (χ0v) is 17.0. The highest BCUT2D eigenvalue weighted by Crippen LogP contribution is 2.27. The zero-order valence-electron chi connectivity index (χ0n) is 17.0. The molecule has 3 heterocycles. The number of aromatic nitrogens is 1. The fourth-order valence-electron chi connectivity index (χ4n) is 4.07.